The van der Waals surface area contributed by atoms with Crippen LogP contribution in [-0.2, 0) is 25.1 Å². The lowest BCUT2D eigenvalue weighted by Gasteiger charge is -2.13. The first-order valence-electron chi connectivity index (χ1n) is 8.00. The molecule has 1 heterocycles. The summed E-state index contributed by atoms with van der Waals surface area (Å²) in [7, 11) is 0. The minimum absolute atomic E-state index is 0.0748. The van der Waals surface area contributed by atoms with Crippen molar-refractivity contribution in [2.24, 2.45) is 0 Å². The number of aromatic nitrogens is 2. The molecule has 0 aliphatic heterocycles. The highest BCUT2D eigenvalue weighted by atomic mass is 32.2. The van der Waals surface area contributed by atoms with Crippen LogP contribution in [0.3, 0.4) is 0 Å². The van der Waals surface area contributed by atoms with Crippen molar-refractivity contribution in [3.8, 4) is 0 Å². The average Bonchev–Trinajstić information content (AvgIpc) is 2.98. The molecule has 0 atom stereocenters. The number of thioether (sulfide) groups is 1. The highest BCUT2D eigenvalue weighted by Crippen LogP contribution is 2.31. The first kappa shape index (κ1) is 15.3. The molecule has 116 valence electrons. The lowest BCUT2D eigenvalue weighted by atomic mass is 10.2. The zero-order chi connectivity index (χ0) is 15.5. The first-order valence-corrected chi connectivity index (χ1v) is 8.98. The predicted octanol–water partition coefficient (Wildman–Crippen LogP) is 3.74. The summed E-state index contributed by atoms with van der Waals surface area (Å²) in [6, 6.07) is 8.53. The van der Waals surface area contributed by atoms with Crippen molar-refractivity contribution in [3.05, 3.63) is 57.1 Å². The van der Waals surface area contributed by atoms with Gasteiger partial charge in [0, 0.05) is 23.6 Å². The van der Waals surface area contributed by atoms with Crippen LogP contribution in [0.4, 0.5) is 0 Å². The van der Waals surface area contributed by atoms with Crippen molar-refractivity contribution in [3.63, 3.8) is 0 Å². The molecule has 2 aromatic rings. The van der Waals surface area contributed by atoms with Gasteiger partial charge < -0.3 is 0 Å². The Kier molecular flexibility index (Phi) is 4.67. The molecule has 3 nitrogen and oxygen atoms in total. The smallest absolute Gasteiger partial charge is 0.296 e. The zero-order valence-corrected chi connectivity index (χ0v) is 14.1. The van der Waals surface area contributed by atoms with Gasteiger partial charge in [-0.05, 0) is 38.2 Å². The maximum atomic E-state index is 12.3. The van der Waals surface area contributed by atoms with E-state index in [1.54, 1.807) is 11.8 Å². The summed E-state index contributed by atoms with van der Waals surface area (Å²) >= 11 is 1.70. The van der Waals surface area contributed by atoms with Crippen LogP contribution in [0.15, 0.2) is 34.1 Å². The summed E-state index contributed by atoms with van der Waals surface area (Å²) in [4.78, 5) is 16.7. The van der Waals surface area contributed by atoms with E-state index in [1.165, 1.54) is 22.4 Å². The van der Waals surface area contributed by atoms with Gasteiger partial charge in [0.2, 0.25) is 0 Å². The van der Waals surface area contributed by atoms with Crippen LogP contribution in [-0.4, -0.2) is 9.55 Å². The minimum atomic E-state index is -0.0748. The van der Waals surface area contributed by atoms with Crippen LogP contribution in [0, 0.1) is 6.92 Å². The van der Waals surface area contributed by atoms with Crippen molar-refractivity contribution in [1.29, 1.82) is 0 Å². The van der Waals surface area contributed by atoms with Gasteiger partial charge in [-0.1, -0.05) is 36.8 Å². The van der Waals surface area contributed by atoms with Gasteiger partial charge in [0.25, 0.3) is 0 Å². The van der Waals surface area contributed by atoms with Crippen LogP contribution in [0.2, 0.25) is 0 Å². The summed E-state index contributed by atoms with van der Waals surface area (Å²) < 4.78 is 1.89. The third kappa shape index (κ3) is 3.12. The first-order chi connectivity index (χ1) is 10.7. The molecule has 0 saturated carbocycles. The zero-order valence-electron chi connectivity index (χ0n) is 13.3. The van der Waals surface area contributed by atoms with Crippen molar-refractivity contribution in [1.82, 2.24) is 9.55 Å². The lowest BCUT2D eigenvalue weighted by Crippen LogP contribution is -2.27. The molecule has 4 heteroatoms. The molecule has 0 bridgehead atoms. The molecule has 1 aliphatic rings. The Bertz CT molecular complexity index is 736. The Balaban J connectivity index is 1.87. The molecule has 1 aliphatic carbocycles. The van der Waals surface area contributed by atoms with Crippen LogP contribution < -0.4 is 5.69 Å². The highest BCUT2D eigenvalue weighted by molar-refractivity contribution is 7.98. The Morgan fingerprint density at radius 2 is 2.18 bits per heavy atom. The Hall–Kier alpha value is -1.55. The number of fused-ring (bicyclic) bond motifs is 1. The summed E-state index contributed by atoms with van der Waals surface area (Å²) in [6.45, 7) is 5.00. The van der Waals surface area contributed by atoms with Gasteiger partial charge in [0.05, 0.1) is 0 Å². The molecular weight excluding hydrogens is 292 g/mol. The molecule has 22 heavy (non-hydrogen) atoms. The maximum Gasteiger partial charge on any atom is 0.348 e. The predicted molar refractivity (Wildman–Crippen MR) is 91.6 cm³/mol. The van der Waals surface area contributed by atoms with Crippen LogP contribution in [0.1, 0.15) is 42.1 Å². The van der Waals surface area contributed by atoms with Crippen molar-refractivity contribution < 1.29 is 0 Å². The SMILES string of the molecule is CCCn1c2c(c(SCc3cccc(C)c3)nc1=O)CCC2. The number of benzene rings is 1. The second-order valence-electron chi connectivity index (χ2n) is 5.91. The van der Waals surface area contributed by atoms with E-state index in [0.717, 1.165) is 43.0 Å². The van der Waals surface area contributed by atoms with Crippen molar-refractivity contribution >= 4 is 11.8 Å². The summed E-state index contributed by atoms with van der Waals surface area (Å²) in [5, 5.41) is 0.950. The van der Waals surface area contributed by atoms with E-state index in [0.29, 0.717) is 0 Å². The van der Waals surface area contributed by atoms with Gasteiger partial charge in [0.1, 0.15) is 5.03 Å². The fourth-order valence-corrected chi connectivity index (χ4v) is 4.13. The quantitative estimate of drug-likeness (QED) is 0.623. The van der Waals surface area contributed by atoms with Gasteiger partial charge in [-0.15, -0.1) is 11.8 Å². The molecule has 0 radical (unpaired) electrons. The third-order valence-corrected chi connectivity index (χ3v) is 5.19. The Morgan fingerprint density at radius 3 is 2.95 bits per heavy atom. The minimum Gasteiger partial charge on any atom is -0.296 e. The number of nitrogens with zero attached hydrogens (tertiary/aromatic N) is 2. The lowest BCUT2D eigenvalue weighted by molar-refractivity contribution is 0.597. The van der Waals surface area contributed by atoms with E-state index in [1.807, 2.05) is 4.57 Å². The monoisotopic (exact) mass is 314 g/mol. The van der Waals surface area contributed by atoms with Gasteiger partial charge in [-0.3, -0.25) is 4.57 Å². The number of aryl methyl sites for hydroxylation is 1. The fourth-order valence-electron chi connectivity index (χ4n) is 3.11. The van der Waals surface area contributed by atoms with Crippen molar-refractivity contribution in [2.45, 2.75) is 56.9 Å². The molecule has 0 amide bonds. The van der Waals surface area contributed by atoms with E-state index < -0.39 is 0 Å². The molecular formula is C18H22N2OS. The number of rotatable bonds is 5. The van der Waals surface area contributed by atoms with Crippen molar-refractivity contribution in [2.75, 3.05) is 0 Å². The Morgan fingerprint density at radius 1 is 1.32 bits per heavy atom. The molecule has 3 rings (SSSR count). The molecule has 1 aromatic heterocycles. The fraction of sp³-hybridized carbons (Fsp3) is 0.444. The Labute approximate surface area is 135 Å². The van der Waals surface area contributed by atoms with E-state index in [2.05, 4.69) is 43.1 Å². The molecule has 0 unspecified atom stereocenters. The van der Waals surface area contributed by atoms with Gasteiger partial charge >= 0.3 is 5.69 Å². The molecule has 0 fully saturated rings. The standard InChI is InChI=1S/C18H22N2OS/c1-3-10-20-16-9-5-8-15(16)17(19-18(20)21)22-12-14-7-4-6-13(2)11-14/h4,6-7,11H,3,5,8-10,12H2,1-2H3. The third-order valence-electron chi connectivity index (χ3n) is 4.11. The van der Waals surface area contributed by atoms with E-state index in [4.69, 9.17) is 0 Å². The largest absolute Gasteiger partial charge is 0.348 e. The van der Waals surface area contributed by atoms with E-state index >= 15 is 0 Å². The highest BCUT2D eigenvalue weighted by Gasteiger charge is 2.21. The summed E-state index contributed by atoms with van der Waals surface area (Å²) in [6.07, 6.45) is 4.19. The molecule has 1 aromatic carbocycles. The summed E-state index contributed by atoms with van der Waals surface area (Å²) in [5.74, 6) is 0.873. The second kappa shape index (κ2) is 6.69. The van der Waals surface area contributed by atoms with Gasteiger partial charge in [0.15, 0.2) is 0 Å². The van der Waals surface area contributed by atoms with Crippen LogP contribution in [0.25, 0.3) is 0 Å². The number of hydrogen-bond donors (Lipinski definition) is 0. The topological polar surface area (TPSA) is 34.9 Å². The van der Waals surface area contributed by atoms with Crippen LogP contribution in [0.5, 0.6) is 0 Å². The molecule has 0 N–H and O–H groups in total. The maximum absolute atomic E-state index is 12.3. The number of hydrogen-bond acceptors (Lipinski definition) is 3. The second-order valence-corrected chi connectivity index (χ2v) is 6.87. The average molecular weight is 314 g/mol. The van der Waals surface area contributed by atoms with E-state index in [-0.39, 0.29) is 5.69 Å². The van der Waals surface area contributed by atoms with Gasteiger partial charge in [-0.2, -0.15) is 4.98 Å². The molecule has 0 saturated heterocycles. The van der Waals surface area contributed by atoms with Crippen LogP contribution >= 0.6 is 11.8 Å². The summed E-state index contributed by atoms with van der Waals surface area (Å²) in [5.41, 5.74) is 5.03. The normalized spacial score (nSPS) is 13.4. The van der Waals surface area contributed by atoms with Gasteiger partial charge in [-0.25, -0.2) is 4.79 Å². The van der Waals surface area contributed by atoms with E-state index in [9.17, 15) is 4.79 Å². The molecule has 0 spiro atoms.